The fraction of sp³-hybridized carbons (Fsp3) is 0.333. The van der Waals surface area contributed by atoms with Crippen molar-refractivity contribution in [1.82, 2.24) is 15.3 Å². The van der Waals surface area contributed by atoms with Gasteiger partial charge in [-0.2, -0.15) is 0 Å². The fourth-order valence-electron chi connectivity index (χ4n) is 2.92. The highest BCUT2D eigenvalue weighted by Crippen LogP contribution is 2.33. The second-order valence-corrected chi connectivity index (χ2v) is 6.27. The second kappa shape index (κ2) is 6.39. The summed E-state index contributed by atoms with van der Waals surface area (Å²) >= 11 is 0. The average molecular weight is 325 g/mol. The van der Waals surface area contributed by atoms with Crippen LogP contribution in [-0.2, 0) is 6.42 Å². The summed E-state index contributed by atoms with van der Waals surface area (Å²) in [6, 6.07) is 6.39. The van der Waals surface area contributed by atoms with Crippen molar-refractivity contribution in [2.24, 2.45) is 0 Å². The predicted octanol–water partition coefficient (Wildman–Crippen LogP) is 2.72. The number of aromatic nitrogens is 2. The van der Waals surface area contributed by atoms with Crippen LogP contribution >= 0.6 is 0 Å². The van der Waals surface area contributed by atoms with Gasteiger partial charge in [0.05, 0.1) is 18.4 Å². The number of fused-ring (bicyclic) bond motifs is 1. The number of carbonyl (C=O) groups is 2. The lowest BCUT2D eigenvalue weighted by atomic mass is 9.97. The molecule has 2 aromatic rings. The Balaban J connectivity index is 1.77. The maximum atomic E-state index is 12.3. The van der Waals surface area contributed by atoms with Crippen LogP contribution < -0.4 is 5.32 Å². The predicted molar refractivity (Wildman–Crippen MR) is 88.1 cm³/mol. The number of hydrogen-bond acceptors (Lipinski definition) is 4. The van der Waals surface area contributed by atoms with Gasteiger partial charge in [0.15, 0.2) is 5.69 Å². The van der Waals surface area contributed by atoms with Crippen LogP contribution in [0.25, 0.3) is 0 Å². The molecule has 0 aliphatic heterocycles. The van der Waals surface area contributed by atoms with Gasteiger partial charge in [-0.05, 0) is 35.4 Å². The third kappa shape index (κ3) is 3.13. The molecule has 6 nitrogen and oxygen atoms in total. The van der Waals surface area contributed by atoms with Crippen molar-refractivity contribution in [2.45, 2.75) is 38.6 Å². The topological polar surface area (TPSA) is 92.2 Å². The van der Waals surface area contributed by atoms with E-state index >= 15 is 0 Å². The first kappa shape index (κ1) is 16.1. The van der Waals surface area contributed by atoms with Gasteiger partial charge in [-0.25, -0.2) is 14.8 Å². The maximum Gasteiger partial charge on any atom is 0.356 e. The first-order chi connectivity index (χ1) is 11.5. The van der Waals surface area contributed by atoms with Crippen LogP contribution in [0.4, 0.5) is 0 Å². The number of carboxylic acid groups (broad SMARTS) is 1. The Kier molecular flexibility index (Phi) is 4.29. The normalized spacial score (nSPS) is 16.0. The molecular formula is C18H19N3O3. The average Bonchev–Trinajstić information content (AvgIpc) is 2.97. The van der Waals surface area contributed by atoms with Crippen molar-refractivity contribution < 1.29 is 14.7 Å². The molecule has 1 aliphatic carbocycles. The van der Waals surface area contributed by atoms with Gasteiger partial charge in [-0.15, -0.1) is 0 Å². The van der Waals surface area contributed by atoms with Crippen LogP contribution in [0.5, 0.6) is 0 Å². The van der Waals surface area contributed by atoms with Gasteiger partial charge in [-0.3, -0.25) is 4.79 Å². The van der Waals surface area contributed by atoms with Gasteiger partial charge < -0.3 is 10.4 Å². The summed E-state index contributed by atoms with van der Waals surface area (Å²) in [5.41, 5.74) is 3.61. The van der Waals surface area contributed by atoms with E-state index in [-0.39, 0.29) is 23.3 Å². The lowest BCUT2D eigenvalue weighted by molar-refractivity contribution is 0.0689. The standard InChI is InChI=1S/C18H19N3O3/c1-10(2)12-4-3-11-5-6-14(13(11)7-12)21-17(22)15-8-20-16(9-19-15)18(23)24/h3-4,7-10,14H,5-6H2,1-2H3,(H,21,22)(H,23,24). The third-order valence-electron chi connectivity index (χ3n) is 4.32. The first-order valence-electron chi connectivity index (χ1n) is 7.94. The highest BCUT2D eigenvalue weighted by Gasteiger charge is 2.25. The number of nitrogens with one attached hydrogen (secondary N) is 1. The zero-order chi connectivity index (χ0) is 17.3. The van der Waals surface area contributed by atoms with Gasteiger partial charge >= 0.3 is 5.97 Å². The Hall–Kier alpha value is -2.76. The Morgan fingerprint density at radius 2 is 1.92 bits per heavy atom. The summed E-state index contributed by atoms with van der Waals surface area (Å²) in [4.78, 5) is 30.8. The van der Waals surface area contributed by atoms with E-state index < -0.39 is 5.97 Å². The Labute approximate surface area is 140 Å². The van der Waals surface area contributed by atoms with Crippen LogP contribution in [0.1, 0.15) is 69.9 Å². The van der Waals surface area contributed by atoms with E-state index in [1.807, 2.05) is 0 Å². The monoisotopic (exact) mass is 325 g/mol. The summed E-state index contributed by atoms with van der Waals surface area (Å²) in [5, 5.41) is 11.8. The lowest BCUT2D eigenvalue weighted by Gasteiger charge is -2.15. The van der Waals surface area contributed by atoms with E-state index in [4.69, 9.17) is 5.11 Å². The van der Waals surface area contributed by atoms with Crippen LogP contribution in [0.15, 0.2) is 30.6 Å². The van der Waals surface area contributed by atoms with Crippen LogP contribution in [0.2, 0.25) is 0 Å². The van der Waals surface area contributed by atoms with Crippen molar-refractivity contribution >= 4 is 11.9 Å². The maximum absolute atomic E-state index is 12.3. The molecule has 0 fully saturated rings. The molecular weight excluding hydrogens is 306 g/mol. The highest BCUT2D eigenvalue weighted by molar-refractivity contribution is 5.93. The number of aryl methyl sites for hydroxylation is 1. The molecule has 0 bridgehead atoms. The molecule has 3 rings (SSSR count). The number of hydrogen-bond donors (Lipinski definition) is 2. The largest absolute Gasteiger partial charge is 0.476 e. The van der Waals surface area contributed by atoms with Crippen molar-refractivity contribution in [1.29, 1.82) is 0 Å². The molecule has 1 heterocycles. The zero-order valence-electron chi connectivity index (χ0n) is 13.6. The van der Waals surface area contributed by atoms with Gasteiger partial charge in [0.1, 0.15) is 5.69 Å². The summed E-state index contributed by atoms with van der Waals surface area (Å²) in [6.07, 6.45) is 4.07. The molecule has 0 saturated heterocycles. The molecule has 1 aromatic heterocycles. The number of carboxylic acids is 1. The number of rotatable bonds is 4. The molecule has 24 heavy (non-hydrogen) atoms. The SMILES string of the molecule is CC(C)c1ccc2c(c1)C(NC(=O)c1cnc(C(=O)O)cn1)CC2. The van der Waals surface area contributed by atoms with Gasteiger partial charge in [0.25, 0.3) is 5.91 Å². The second-order valence-electron chi connectivity index (χ2n) is 6.27. The zero-order valence-corrected chi connectivity index (χ0v) is 13.6. The van der Waals surface area contributed by atoms with E-state index in [0.717, 1.165) is 24.6 Å². The van der Waals surface area contributed by atoms with E-state index in [1.54, 1.807) is 0 Å². The highest BCUT2D eigenvalue weighted by atomic mass is 16.4. The molecule has 2 N–H and O–H groups in total. The number of carbonyl (C=O) groups excluding carboxylic acids is 1. The quantitative estimate of drug-likeness (QED) is 0.901. The summed E-state index contributed by atoms with van der Waals surface area (Å²) < 4.78 is 0. The third-order valence-corrected chi connectivity index (χ3v) is 4.32. The van der Waals surface area contributed by atoms with E-state index in [1.165, 1.54) is 17.3 Å². The fourth-order valence-corrected chi connectivity index (χ4v) is 2.92. The molecule has 6 heteroatoms. The minimum atomic E-state index is -1.17. The molecule has 1 aliphatic rings. The van der Waals surface area contributed by atoms with Crippen LogP contribution in [-0.4, -0.2) is 27.0 Å². The Bertz CT molecular complexity index is 785. The minimum absolute atomic E-state index is 0.0489. The van der Waals surface area contributed by atoms with Gasteiger partial charge in [-0.1, -0.05) is 32.0 Å². The molecule has 1 amide bonds. The van der Waals surface area contributed by atoms with Crippen molar-refractivity contribution in [3.63, 3.8) is 0 Å². The van der Waals surface area contributed by atoms with Crippen molar-refractivity contribution in [3.8, 4) is 0 Å². The first-order valence-corrected chi connectivity index (χ1v) is 7.94. The summed E-state index contributed by atoms with van der Waals surface area (Å²) in [7, 11) is 0. The van der Waals surface area contributed by atoms with E-state index in [9.17, 15) is 9.59 Å². The van der Waals surface area contributed by atoms with Crippen molar-refractivity contribution in [2.75, 3.05) is 0 Å². The van der Waals surface area contributed by atoms with Gasteiger partial charge in [0.2, 0.25) is 0 Å². The number of benzene rings is 1. The molecule has 0 saturated carbocycles. The van der Waals surface area contributed by atoms with Gasteiger partial charge in [0, 0.05) is 0 Å². The number of nitrogens with zero attached hydrogens (tertiary/aromatic N) is 2. The Morgan fingerprint density at radius 3 is 2.54 bits per heavy atom. The molecule has 1 atom stereocenters. The number of amides is 1. The van der Waals surface area contributed by atoms with Crippen molar-refractivity contribution in [3.05, 3.63) is 58.7 Å². The molecule has 0 spiro atoms. The summed E-state index contributed by atoms with van der Waals surface area (Å²) in [6.45, 7) is 4.29. The van der Waals surface area contributed by atoms with E-state index in [2.05, 4.69) is 47.3 Å². The lowest BCUT2D eigenvalue weighted by Crippen LogP contribution is -2.28. The Morgan fingerprint density at radius 1 is 1.21 bits per heavy atom. The number of aromatic carboxylic acids is 1. The molecule has 0 radical (unpaired) electrons. The summed E-state index contributed by atoms with van der Waals surface area (Å²) in [5.74, 6) is -1.07. The van der Waals surface area contributed by atoms with Crippen LogP contribution in [0, 0.1) is 0 Å². The molecule has 124 valence electrons. The van der Waals surface area contributed by atoms with E-state index in [0.29, 0.717) is 5.92 Å². The molecule has 1 unspecified atom stereocenters. The van der Waals surface area contributed by atoms with Crippen LogP contribution in [0.3, 0.4) is 0 Å². The smallest absolute Gasteiger partial charge is 0.356 e. The minimum Gasteiger partial charge on any atom is -0.476 e. The molecule has 1 aromatic carbocycles.